The van der Waals surface area contributed by atoms with Crippen LogP contribution in [0, 0.1) is 0 Å². The molecule has 0 radical (unpaired) electrons. The number of hydrogen-bond donors (Lipinski definition) is 1. The third kappa shape index (κ3) is 3.03. The van der Waals surface area contributed by atoms with Gasteiger partial charge in [-0.1, -0.05) is 19.1 Å². The van der Waals surface area contributed by atoms with Crippen LogP contribution in [0.3, 0.4) is 0 Å². The van der Waals surface area contributed by atoms with Crippen LogP contribution in [0.15, 0.2) is 18.2 Å². The molecule has 0 amide bonds. The normalized spacial score (nSPS) is 17.2. The van der Waals surface area contributed by atoms with Gasteiger partial charge in [0.25, 0.3) is 0 Å². The SMILES string of the molecule is CCNC(c1ccc2c(c1)CCCN2C)C(F)(F)F. The second kappa shape index (κ2) is 5.41. The van der Waals surface area contributed by atoms with Crippen molar-refractivity contribution >= 4 is 5.69 Å². The second-order valence-corrected chi connectivity index (χ2v) is 4.95. The van der Waals surface area contributed by atoms with Gasteiger partial charge in [-0.2, -0.15) is 13.2 Å². The van der Waals surface area contributed by atoms with E-state index < -0.39 is 12.2 Å². The minimum Gasteiger partial charge on any atom is -0.374 e. The zero-order valence-corrected chi connectivity index (χ0v) is 11.2. The van der Waals surface area contributed by atoms with Crippen molar-refractivity contribution in [2.24, 2.45) is 0 Å². The highest BCUT2D eigenvalue weighted by atomic mass is 19.4. The van der Waals surface area contributed by atoms with E-state index in [-0.39, 0.29) is 0 Å². The van der Waals surface area contributed by atoms with E-state index >= 15 is 0 Å². The quantitative estimate of drug-likeness (QED) is 0.908. The summed E-state index contributed by atoms with van der Waals surface area (Å²) in [7, 11) is 1.98. The lowest BCUT2D eigenvalue weighted by Gasteiger charge is -2.29. The monoisotopic (exact) mass is 272 g/mol. The van der Waals surface area contributed by atoms with Crippen molar-refractivity contribution in [3.8, 4) is 0 Å². The summed E-state index contributed by atoms with van der Waals surface area (Å²) in [5.74, 6) is 0. The molecule has 0 aliphatic carbocycles. The van der Waals surface area contributed by atoms with Gasteiger partial charge in [0, 0.05) is 19.3 Å². The molecule has 0 fully saturated rings. The van der Waals surface area contributed by atoms with Crippen molar-refractivity contribution in [2.45, 2.75) is 32.0 Å². The number of aryl methyl sites for hydroxylation is 1. The molecule has 2 nitrogen and oxygen atoms in total. The van der Waals surface area contributed by atoms with E-state index in [0.717, 1.165) is 30.6 Å². The van der Waals surface area contributed by atoms with Crippen LogP contribution in [0.5, 0.6) is 0 Å². The molecule has 1 aromatic rings. The van der Waals surface area contributed by atoms with Crippen LogP contribution in [-0.2, 0) is 6.42 Å². The molecule has 1 aromatic carbocycles. The molecule has 106 valence electrons. The predicted molar refractivity (Wildman–Crippen MR) is 70.5 cm³/mol. The van der Waals surface area contributed by atoms with Crippen LogP contribution < -0.4 is 10.2 Å². The van der Waals surface area contributed by atoms with Gasteiger partial charge in [0.1, 0.15) is 6.04 Å². The molecule has 1 atom stereocenters. The van der Waals surface area contributed by atoms with Crippen molar-refractivity contribution < 1.29 is 13.2 Å². The minimum absolute atomic E-state index is 0.293. The third-order valence-corrected chi connectivity index (χ3v) is 3.52. The van der Waals surface area contributed by atoms with Gasteiger partial charge in [0.05, 0.1) is 0 Å². The Kier molecular flexibility index (Phi) is 4.04. The van der Waals surface area contributed by atoms with Gasteiger partial charge >= 0.3 is 6.18 Å². The summed E-state index contributed by atoms with van der Waals surface area (Å²) < 4.78 is 39.1. The van der Waals surface area contributed by atoms with E-state index in [2.05, 4.69) is 10.2 Å². The molecule has 0 spiro atoms. The molecule has 2 rings (SSSR count). The molecule has 5 heteroatoms. The lowest BCUT2D eigenvalue weighted by Crippen LogP contribution is -2.34. The van der Waals surface area contributed by atoms with Gasteiger partial charge in [0.15, 0.2) is 0 Å². The Morgan fingerprint density at radius 3 is 2.74 bits per heavy atom. The average Bonchev–Trinajstić information content (AvgIpc) is 2.34. The van der Waals surface area contributed by atoms with E-state index in [1.54, 1.807) is 25.1 Å². The number of hydrogen-bond acceptors (Lipinski definition) is 2. The summed E-state index contributed by atoms with van der Waals surface area (Å²) in [6, 6.07) is 3.52. The Morgan fingerprint density at radius 1 is 1.37 bits per heavy atom. The summed E-state index contributed by atoms with van der Waals surface area (Å²) in [5, 5.41) is 2.52. The Labute approximate surface area is 111 Å². The van der Waals surface area contributed by atoms with Gasteiger partial charge in [-0.25, -0.2) is 0 Å². The van der Waals surface area contributed by atoms with E-state index in [9.17, 15) is 13.2 Å². The van der Waals surface area contributed by atoms with E-state index in [0.29, 0.717) is 12.1 Å². The topological polar surface area (TPSA) is 15.3 Å². The fraction of sp³-hybridized carbons (Fsp3) is 0.571. The maximum absolute atomic E-state index is 13.0. The summed E-state index contributed by atoms with van der Waals surface area (Å²) in [6.07, 6.45) is -2.42. The first-order valence-electron chi connectivity index (χ1n) is 6.57. The molecule has 0 bridgehead atoms. The standard InChI is InChI=1S/C14H19F3N2/c1-3-18-13(14(15,16)17)11-6-7-12-10(9-11)5-4-8-19(12)2/h6-7,9,13,18H,3-5,8H2,1-2H3. The first kappa shape index (κ1) is 14.2. The Morgan fingerprint density at radius 2 is 2.11 bits per heavy atom. The smallest absolute Gasteiger partial charge is 0.374 e. The minimum atomic E-state index is -4.26. The highest BCUT2D eigenvalue weighted by molar-refractivity contribution is 5.56. The number of fused-ring (bicyclic) bond motifs is 1. The maximum atomic E-state index is 13.0. The van der Waals surface area contributed by atoms with Crippen LogP contribution >= 0.6 is 0 Å². The van der Waals surface area contributed by atoms with Crippen LogP contribution in [0.4, 0.5) is 18.9 Å². The second-order valence-electron chi connectivity index (χ2n) is 4.95. The van der Waals surface area contributed by atoms with Gasteiger partial charge < -0.3 is 10.2 Å². The molecule has 1 aliphatic rings. The number of benzene rings is 1. The van der Waals surface area contributed by atoms with Crippen molar-refractivity contribution in [1.82, 2.24) is 5.32 Å². The van der Waals surface area contributed by atoms with Gasteiger partial charge in [-0.3, -0.25) is 0 Å². The number of alkyl halides is 3. The number of nitrogens with zero attached hydrogens (tertiary/aromatic N) is 1. The molecule has 19 heavy (non-hydrogen) atoms. The first-order chi connectivity index (χ1) is 8.93. The number of halogens is 3. The molecule has 1 heterocycles. The largest absolute Gasteiger partial charge is 0.407 e. The van der Waals surface area contributed by atoms with Crippen LogP contribution in [0.1, 0.15) is 30.5 Å². The zero-order chi connectivity index (χ0) is 14.0. The molecule has 1 N–H and O–H groups in total. The first-order valence-corrected chi connectivity index (χ1v) is 6.57. The molecular formula is C14H19F3N2. The van der Waals surface area contributed by atoms with Crippen LogP contribution in [-0.4, -0.2) is 26.3 Å². The van der Waals surface area contributed by atoms with Crippen molar-refractivity contribution in [1.29, 1.82) is 0 Å². The van der Waals surface area contributed by atoms with E-state index in [1.807, 2.05) is 7.05 Å². The number of nitrogens with one attached hydrogen (secondary N) is 1. The van der Waals surface area contributed by atoms with Gasteiger partial charge in [0.2, 0.25) is 0 Å². The Balaban J connectivity index is 2.34. The lowest BCUT2D eigenvalue weighted by atomic mass is 9.96. The highest BCUT2D eigenvalue weighted by Gasteiger charge is 2.40. The van der Waals surface area contributed by atoms with Crippen LogP contribution in [0.25, 0.3) is 0 Å². The number of anilines is 1. The Hall–Kier alpha value is -1.23. The van der Waals surface area contributed by atoms with Gasteiger partial charge in [-0.15, -0.1) is 0 Å². The summed E-state index contributed by atoms with van der Waals surface area (Å²) in [6.45, 7) is 2.94. The molecular weight excluding hydrogens is 253 g/mol. The van der Waals surface area contributed by atoms with Crippen molar-refractivity contribution in [3.63, 3.8) is 0 Å². The molecule has 1 aliphatic heterocycles. The predicted octanol–water partition coefficient (Wildman–Crippen LogP) is 3.28. The summed E-state index contributed by atoms with van der Waals surface area (Å²) in [4.78, 5) is 2.10. The van der Waals surface area contributed by atoms with Gasteiger partial charge in [-0.05, 0) is 36.6 Å². The molecule has 0 aromatic heterocycles. The maximum Gasteiger partial charge on any atom is 0.407 e. The zero-order valence-electron chi connectivity index (χ0n) is 11.2. The van der Waals surface area contributed by atoms with Crippen molar-refractivity contribution in [3.05, 3.63) is 29.3 Å². The van der Waals surface area contributed by atoms with E-state index in [1.165, 1.54) is 0 Å². The third-order valence-electron chi connectivity index (χ3n) is 3.52. The fourth-order valence-electron chi connectivity index (χ4n) is 2.61. The fourth-order valence-corrected chi connectivity index (χ4v) is 2.61. The summed E-state index contributed by atoms with van der Waals surface area (Å²) in [5.41, 5.74) is 2.37. The van der Waals surface area contributed by atoms with Crippen LogP contribution in [0.2, 0.25) is 0 Å². The average molecular weight is 272 g/mol. The number of rotatable bonds is 3. The summed E-state index contributed by atoms with van der Waals surface area (Å²) >= 11 is 0. The molecule has 0 saturated carbocycles. The van der Waals surface area contributed by atoms with E-state index in [4.69, 9.17) is 0 Å². The Bertz CT molecular complexity index is 443. The highest BCUT2D eigenvalue weighted by Crippen LogP contribution is 2.35. The molecule has 0 saturated heterocycles. The lowest BCUT2D eigenvalue weighted by molar-refractivity contribution is -0.157. The molecule has 1 unspecified atom stereocenters. The van der Waals surface area contributed by atoms with Crippen molar-refractivity contribution in [2.75, 3.05) is 25.0 Å².